The lowest BCUT2D eigenvalue weighted by Crippen LogP contribution is -2.42. The fourth-order valence-electron chi connectivity index (χ4n) is 3.39. The molecule has 0 spiro atoms. The lowest BCUT2D eigenvalue weighted by molar-refractivity contribution is -0.132. The Kier molecular flexibility index (Phi) is 6.29. The van der Waals surface area contributed by atoms with Crippen LogP contribution in [-0.4, -0.2) is 35.0 Å². The minimum Gasteiger partial charge on any atom is -0.487 e. The van der Waals surface area contributed by atoms with E-state index in [0.717, 1.165) is 16.6 Å². The zero-order chi connectivity index (χ0) is 21.1. The molecule has 1 aliphatic heterocycles. The lowest BCUT2D eigenvalue weighted by Gasteiger charge is -2.32. The van der Waals surface area contributed by atoms with Crippen molar-refractivity contribution in [2.45, 2.75) is 25.4 Å². The number of likely N-dealkylation sites (tertiary alicyclic amines) is 1. The molecule has 30 heavy (non-hydrogen) atoms. The van der Waals surface area contributed by atoms with E-state index in [-0.39, 0.29) is 24.2 Å². The van der Waals surface area contributed by atoms with Crippen LogP contribution in [0.2, 0.25) is 5.02 Å². The van der Waals surface area contributed by atoms with Gasteiger partial charge in [-0.15, -0.1) is 11.3 Å². The number of carbonyl (C=O) groups is 1. The van der Waals surface area contributed by atoms with E-state index in [1.165, 1.54) is 23.5 Å². The molecule has 2 heterocycles. The van der Waals surface area contributed by atoms with E-state index in [4.69, 9.17) is 16.3 Å². The van der Waals surface area contributed by atoms with Crippen LogP contribution in [0.5, 0.6) is 5.75 Å². The number of rotatable bonds is 5. The molecule has 0 radical (unpaired) electrons. The van der Waals surface area contributed by atoms with Crippen LogP contribution in [0.25, 0.3) is 10.6 Å². The molecule has 2 aromatic carbocycles. The van der Waals surface area contributed by atoms with Crippen molar-refractivity contribution in [3.05, 3.63) is 70.2 Å². The first kappa shape index (κ1) is 20.8. The van der Waals surface area contributed by atoms with E-state index < -0.39 is 11.6 Å². The first-order valence-electron chi connectivity index (χ1n) is 9.58. The molecule has 0 bridgehead atoms. The van der Waals surface area contributed by atoms with E-state index in [0.29, 0.717) is 36.6 Å². The highest BCUT2D eigenvalue weighted by Crippen LogP contribution is 2.30. The smallest absolute Gasteiger partial charge is 0.228 e. The molecule has 8 heteroatoms. The lowest BCUT2D eigenvalue weighted by atomic mass is 10.1. The van der Waals surface area contributed by atoms with Crippen molar-refractivity contribution >= 4 is 28.8 Å². The second-order valence-electron chi connectivity index (χ2n) is 7.07. The highest BCUT2D eigenvalue weighted by molar-refractivity contribution is 7.13. The molecule has 1 aliphatic rings. The maximum atomic E-state index is 13.8. The monoisotopic (exact) mass is 448 g/mol. The predicted molar refractivity (Wildman–Crippen MR) is 113 cm³/mol. The Labute approximate surface area is 182 Å². The third kappa shape index (κ3) is 4.79. The van der Waals surface area contributed by atoms with Crippen molar-refractivity contribution < 1.29 is 18.3 Å². The number of amides is 1. The fraction of sp³-hybridized carbons (Fsp3) is 0.273. The van der Waals surface area contributed by atoms with Crippen molar-refractivity contribution in [3.63, 3.8) is 0 Å². The number of ether oxygens (including phenoxy) is 1. The van der Waals surface area contributed by atoms with Crippen molar-refractivity contribution in [2.24, 2.45) is 0 Å². The largest absolute Gasteiger partial charge is 0.487 e. The number of hydrogen-bond acceptors (Lipinski definition) is 4. The number of carbonyl (C=O) groups excluding carboxylic acids is 1. The van der Waals surface area contributed by atoms with E-state index in [1.807, 2.05) is 29.6 Å². The Hall–Kier alpha value is -2.51. The molecular weight excluding hydrogens is 430 g/mol. The van der Waals surface area contributed by atoms with Gasteiger partial charge in [0, 0.05) is 42.9 Å². The average Bonchev–Trinajstić information content (AvgIpc) is 3.19. The second kappa shape index (κ2) is 9.10. The number of nitrogens with zero attached hydrogens (tertiary/aromatic N) is 2. The summed E-state index contributed by atoms with van der Waals surface area (Å²) in [4.78, 5) is 19.0. The van der Waals surface area contributed by atoms with Crippen LogP contribution in [0.4, 0.5) is 8.78 Å². The predicted octanol–water partition coefficient (Wildman–Crippen LogP) is 5.35. The molecule has 1 amide bonds. The van der Waals surface area contributed by atoms with Crippen LogP contribution in [0.3, 0.4) is 0 Å². The summed E-state index contributed by atoms with van der Waals surface area (Å²) in [5.74, 6) is -1.32. The van der Waals surface area contributed by atoms with Gasteiger partial charge in [0.15, 0.2) is 11.6 Å². The molecule has 3 aromatic rings. The van der Waals surface area contributed by atoms with Crippen molar-refractivity contribution in [3.8, 4) is 16.3 Å². The van der Waals surface area contributed by atoms with E-state index in [9.17, 15) is 13.6 Å². The van der Waals surface area contributed by atoms with Gasteiger partial charge < -0.3 is 9.64 Å². The van der Waals surface area contributed by atoms with Crippen LogP contribution >= 0.6 is 22.9 Å². The molecular formula is C22H19ClF2N2O2S. The molecule has 1 fully saturated rings. The number of halogens is 3. The van der Waals surface area contributed by atoms with Gasteiger partial charge in [-0.05, 0) is 18.2 Å². The van der Waals surface area contributed by atoms with Crippen LogP contribution < -0.4 is 4.74 Å². The zero-order valence-corrected chi connectivity index (χ0v) is 17.6. The molecule has 0 unspecified atom stereocenters. The highest BCUT2D eigenvalue weighted by atomic mass is 35.5. The minimum atomic E-state index is -0.716. The summed E-state index contributed by atoms with van der Waals surface area (Å²) in [5.41, 5.74) is 1.57. The first-order chi connectivity index (χ1) is 14.5. The summed E-state index contributed by atoms with van der Waals surface area (Å²) >= 11 is 7.68. The van der Waals surface area contributed by atoms with E-state index in [2.05, 4.69) is 4.98 Å². The summed E-state index contributed by atoms with van der Waals surface area (Å²) in [6, 6.07) is 10.7. The van der Waals surface area contributed by atoms with Gasteiger partial charge in [0.25, 0.3) is 0 Å². The quantitative estimate of drug-likeness (QED) is 0.528. The Morgan fingerprint density at radius 1 is 1.20 bits per heavy atom. The Bertz CT molecular complexity index is 1050. The van der Waals surface area contributed by atoms with Gasteiger partial charge in [-0.1, -0.05) is 29.8 Å². The number of aromatic nitrogens is 1. The molecule has 0 aliphatic carbocycles. The molecule has 0 saturated carbocycles. The fourth-order valence-corrected chi connectivity index (χ4v) is 4.53. The van der Waals surface area contributed by atoms with E-state index >= 15 is 0 Å². The topological polar surface area (TPSA) is 42.4 Å². The molecule has 0 N–H and O–H groups in total. The average molecular weight is 449 g/mol. The minimum absolute atomic E-state index is 0.00239. The summed E-state index contributed by atoms with van der Waals surface area (Å²) in [6.07, 6.45) is 1.19. The number of thiazole rings is 1. The SMILES string of the molecule is O=C(Cc1csc(-c2ccccc2Cl)n1)N1CCC(Oc2ccc(F)cc2F)CC1. The van der Waals surface area contributed by atoms with Gasteiger partial charge in [-0.3, -0.25) is 4.79 Å². The Morgan fingerprint density at radius 2 is 1.97 bits per heavy atom. The molecule has 156 valence electrons. The van der Waals surface area contributed by atoms with Gasteiger partial charge in [0.2, 0.25) is 5.91 Å². The maximum Gasteiger partial charge on any atom is 0.228 e. The third-order valence-electron chi connectivity index (χ3n) is 4.97. The van der Waals surface area contributed by atoms with Crippen molar-refractivity contribution in [1.29, 1.82) is 0 Å². The van der Waals surface area contributed by atoms with Crippen LogP contribution in [0, 0.1) is 11.6 Å². The van der Waals surface area contributed by atoms with Gasteiger partial charge in [-0.2, -0.15) is 0 Å². The second-order valence-corrected chi connectivity index (χ2v) is 8.34. The summed E-state index contributed by atoms with van der Waals surface area (Å²) in [5, 5.41) is 3.30. The Balaban J connectivity index is 1.31. The number of benzene rings is 2. The molecule has 4 rings (SSSR count). The summed E-state index contributed by atoms with van der Waals surface area (Å²) in [6.45, 7) is 1.04. The third-order valence-corrected chi connectivity index (χ3v) is 6.22. The van der Waals surface area contributed by atoms with Crippen molar-refractivity contribution in [1.82, 2.24) is 9.88 Å². The molecule has 0 atom stereocenters. The van der Waals surface area contributed by atoms with Gasteiger partial charge >= 0.3 is 0 Å². The van der Waals surface area contributed by atoms with Crippen LogP contribution in [0.15, 0.2) is 47.8 Å². The zero-order valence-electron chi connectivity index (χ0n) is 16.0. The van der Waals surface area contributed by atoms with E-state index in [1.54, 1.807) is 4.90 Å². The van der Waals surface area contributed by atoms with Gasteiger partial charge in [0.05, 0.1) is 17.1 Å². The molecule has 4 nitrogen and oxygen atoms in total. The molecule has 1 aromatic heterocycles. The first-order valence-corrected chi connectivity index (χ1v) is 10.8. The standard InChI is InChI=1S/C22H19ClF2N2O2S/c23-18-4-2-1-3-17(18)22-26-15(13-30-22)12-21(28)27-9-7-16(8-10-27)29-20-6-5-14(24)11-19(20)25/h1-6,11,13,16H,7-10,12H2. The number of piperidine rings is 1. The van der Waals surface area contributed by atoms with Crippen LogP contribution in [0.1, 0.15) is 18.5 Å². The normalized spacial score (nSPS) is 14.7. The van der Waals surface area contributed by atoms with Crippen molar-refractivity contribution in [2.75, 3.05) is 13.1 Å². The maximum absolute atomic E-state index is 13.8. The Morgan fingerprint density at radius 3 is 2.70 bits per heavy atom. The summed E-state index contributed by atoms with van der Waals surface area (Å²) < 4.78 is 32.4. The van der Waals surface area contributed by atoms with Gasteiger partial charge in [0.1, 0.15) is 16.9 Å². The molecule has 1 saturated heterocycles. The van der Waals surface area contributed by atoms with Crippen LogP contribution in [-0.2, 0) is 11.2 Å². The highest BCUT2D eigenvalue weighted by Gasteiger charge is 2.25. The summed E-state index contributed by atoms with van der Waals surface area (Å²) in [7, 11) is 0. The number of hydrogen-bond donors (Lipinski definition) is 0. The van der Waals surface area contributed by atoms with Gasteiger partial charge in [-0.25, -0.2) is 13.8 Å².